The summed E-state index contributed by atoms with van der Waals surface area (Å²) in [7, 11) is 0. The molecule has 0 atom stereocenters. The van der Waals surface area contributed by atoms with Gasteiger partial charge in [0.15, 0.2) is 0 Å². The van der Waals surface area contributed by atoms with E-state index >= 15 is 4.39 Å². The van der Waals surface area contributed by atoms with Crippen LogP contribution in [0.3, 0.4) is 0 Å². The molecule has 0 N–H and O–H groups in total. The van der Waals surface area contributed by atoms with Gasteiger partial charge in [-0.25, -0.2) is 4.39 Å². The monoisotopic (exact) mass is 506 g/mol. The molecule has 0 unspecified atom stereocenters. The fraction of sp³-hybridized carbons (Fsp3) is 0.455. The third-order valence-electron chi connectivity index (χ3n) is 7.71. The van der Waals surface area contributed by atoms with E-state index in [1.165, 1.54) is 81.9 Å². The number of aryl methyl sites for hydroxylation is 1. The molecular weight excluding hydrogens is 469 g/mol. The fourth-order valence-electron chi connectivity index (χ4n) is 5.49. The number of ether oxygens (including phenoxy) is 1. The summed E-state index contributed by atoms with van der Waals surface area (Å²) in [5, 5.41) is 1.46. The van der Waals surface area contributed by atoms with Gasteiger partial charge in [0.05, 0.1) is 5.56 Å². The van der Waals surface area contributed by atoms with Crippen molar-refractivity contribution in [2.24, 2.45) is 11.8 Å². The Morgan fingerprint density at radius 3 is 2.27 bits per heavy atom. The summed E-state index contributed by atoms with van der Waals surface area (Å²) in [6.45, 7) is -0.596. The van der Waals surface area contributed by atoms with Crippen molar-refractivity contribution < 1.29 is 17.9 Å². The Kier molecular flexibility index (Phi) is 9.94. The molecule has 1 fully saturated rings. The van der Waals surface area contributed by atoms with Gasteiger partial charge in [0.1, 0.15) is 11.6 Å². The van der Waals surface area contributed by atoms with Crippen LogP contribution >= 0.6 is 0 Å². The molecule has 1 aliphatic rings. The van der Waals surface area contributed by atoms with Crippen molar-refractivity contribution >= 4 is 10.8 Å². The van der Waals surface area contributed by atoms with Crippen LogP contribution in [0.4, 0.5) is 13.2 Å². The Labute approximate surface area is 219 Å². The molecule has 0 aliphatic heterocycles. The van der Waals surface area contributed by atoms with E-state index in [2.05, 4.69) is 29.6 Å². The summed E-state index contributed by atoms with van der Waals surface area (Å²) < 4.78 is 44.1. The lowest BCUT2D eigenvalue weighted by atomic mass is 9.77. The van der Waals surface area contributed by atoms with E-state index in [4.69, 9.17) is 0 Å². The quantitative estimate of drug-likeness (QED) is 0.196. The van der Waals surface area contributed by atoms with Crippen LogP contribution < -0.4 is 4.74 Å². The normalized spacial score (nSPS) is 17.5. The average molecular weight is 507 g/mol. The number of alkyl halides is 2. The van der Waals surface area contributed by atoms with Crippen molar-refractivity contribution in [3.05, 3.63) is 77.1 Å². The molecule has 1 aliphatic carbocycles. The van der Waals surface area contributed by atoms with E-state index in [-0.39, 0.29) is 11.6 Å². The van der Waals surface area contributed by atoms with Crippen molar-refractivity contribution in [3.8, 4) is 17.6 Å². The van der Waals surface area contributed by atoms with E-state index in [0.717, 1.165) is 23.6 Å². The molecular formula is C33H37F3O. The number of halogens is 3. The highest BCUT2D eigenvalue weighted by molar-refractivity contribution is 5.85. The summed E-state index contributed by atoms with van der Waals surface area (Å²) in [6.07, 6.45) is 14.6. The van der Waals surface area contributed by atoms with Gasteiger partial charge in [-0.2, -0.15) is 8.78 Å². The van der Waals surface area contributed by atoms with Crippen LogP contribution in [0.25, 0.3) is 10.8 Å². The fourth-order valence-corrected chi connectivity index (χ4v) is 5.49. The lowest BCUT2D eigenvalue weighted by Crippen LogP contribution is -2.15. The number of benzene rings is 3. The Morgan fingerprint density at radius 1 is 0.838 bits per heavy atom. The standard InChI is InChI=1S/C33H37F3O/c1-2-3-4-5-6-24-7-9-25(10-8-24)11-12-27-16-22-31-29(23-27)19-18-28(32(31)34)17-13-26-14-20-30(21-15-26)37-33(35)36/h14-16,18-25,33H,2-12H2,1H3. The molecule has 3 aromatic rings. The summed E-state index contributed by atoms with van der Waals surface area (Å²) >= 11 is 0. The highest BCUT2D eigenvalue weighted by Crippen LogP contribution is 2.34. The smallest absolute Gasteiger partial charge is 0.387 e. The lowest BCUT2D eigenvalue weighted by Gasteiger charge is -2.28. The summed E-state index contributed by atoms with van der Waals surface area (Å²) in [6, 6.07) is 15.7. The van der Waals surface area contributed by atoms with Gasteiger partial charge in [-0.15, -0.1) is 0 Å². The largest absolute Gasteiger partial charge is 0.435 e. The number of fused-ring (bicyclic) bond motifs is 1. The molecule has 37 heavy (non-hydrogen) atoms. The minimum absolute atomic E-state index is 0.0683. The second-order valence-electron chi connectivity index (χ2n) is 10.4. The molecule has 0 bridgehead atoms. The van der Waals surface area contributed by atoms with Crippen molar-refractivity contribution in [1.82, 2.24) is 0 Å². The molecule has 0 aromatic heterocycles. The van der Waals surface area contributed by atoms with Crippen LogP contribution in [0.1, 0.15) is 87.8 Å². The van der Waals surface area contributed by atoms with Gasteiger partial charge >= 0.3 is 6.61 Å². The first-order valence-electron chi connectivity index (χ1n) is 13.8. The van der Waals surface area contributed by atoms with E-state index < -0.39 is 6.61 Å². The van der Waals surface area contributed by atoms with Gasteiger partial charge < -0.3 is 4.74 Å². The van der Waals surface area contributed by atoms with Crippen molar-refractivity contribution in [3.63, 3.8) is 0 Å². The summed E-state index contributed by atoms with van der Waals surface area (Å²) in [4.78, 5) is 0. The van der Waals surface area contributed by atoms with Crippen LogP contribution in [0.2, 0.25) is 0 Å². The molecule has 3 aromatic carbocycles. The van der Waals surface area contributed by atoms with E-state index in [1.54, 1.807) is 18.2 Å². The van der Waals surface area contributed by atoms with Crippen molar-refractivity contribution in [2.45, 2.75) is 84.2 Å². The first kappa shape index (κ1) is 27.1. The molecule has 1 nitrogen and oxygen atoms in total. The Hall–Kier alpha value is -2.93. The van der Waals surface area contributed by atoms with E-state index in [0.29, 0.717) is 16.5 Å². The number of hydrogen-bond donors (Lipinski definition) is 0. The van der Waals surface area contributed by atoms with E-state index in [9.17, 15) is 8.78 Å². The summed E-state index contributed by atoms with van der Waals surface area (Å²) in [5.41, 5.74) is 2.18. The first-order chi connectivity index (χ1) is 18.0. The molecule has 4 heteroatoms. The zero-order valence-electron chi connectivity index (χ0n) is 21.7. The zero-order chi connectivity index (χ0) is 26.0. The highest BCUT2D eigenvalue weighted by Gasteiger charge is 2.20. The Balaban J connectivity index is 1.31. The van der Waals surface area contributed by atoms with Crippen molar-refractivity contribution in [1.29, 1.82) is 0 Å². The van der Waals surface area contributed by atoms with Crippen LogP contribution in [-0.4, -0.2) is 6.61 Å². The number of hydrogen-bond acceptors (Lipinski definition) is 1. The molecule has 4 rings (SSSR count). The van der Waals surface area contributed by atoms with Gasteiger partial charge in [0, 0.05) is 10.9 Å². The maximum Gasteiger partial charge on any atom is 0.387 e. The second kappa shape index (κ2) is 13.6. The molecule has 0 heterocycles. The minimum atomic E-state index is -2.87. The van der Waals surface area contributed by atoms with Gasteiger partial charge in [0.2, 0.25) is 0 Å². The molecule has 196 valence electrons. The van der Waals surface area contributed by atoms with Crippen LogP contribution in [-0.2, 0) is 6.42 Å². The van der Waals surface area contributed by atoms with Crippen LogP contribution in [0, 0.1) is 29.5 Å². The van der Waals surface area contributed by atoms with Gasteiger partial charge in [-0.05, 0) is 66.0 Å². The van der Waals surface area contributed by atoms with Gasteiger partial charge in [-0.1, -0.05) is 101 Å². The third kappa shape index (κ3) is 8.03. The predicted octanol–water partition coefficient (Wildman–Crippen LogP) is 9.69. The van der Waals surface area contributed by atoms with Gasteiger partial charge in [0.25, 0.3) is 0 Å². The minimum Gasteiger partial charge on any atom is -0.435 e. The molecule has 0 amide bonds. The maximum atomic E-state index is 15.2. The highest BCUT2D eigenvalue weighted by atomic mass is 19.3. The molecule has 0 radical (unpaired) electrons. The van der Waals surface area contributed by atoms with Crippen LogP contribution in [0.15, 0.2) is 54.6 Å². The average Bonchev–Trinajstić information content (AvgIpc) is 2.91. The SMILES string of the molecule is CCCCCCC1CCC(CCc2ccc3c(F)c(C#Cc4ccc(OC(F)F)cc4)ccc3c2)CC1. The van der Waals surface area contributed by atoms with Crippen LogP contribution in [0.5, 0.6) is 5.75 Å². The number of rotatable bonds is 10. The third-order valence-corrected chi connectivity index (χ3v) is 7.71. The van der Waals surface area contributed by atoms with Crippen molar-refractivity contribution in [2.75, 3.05) is 0 Å². The predicted molar refractivity (Wildman–Crippen MR) is 145 cm³/mol. The first-order valence-corrected chi connectivity index (χ1v) is 13.8. The second-order valence-corrected chi connectivity index (χ2v) is 10.4. The summed E-state index contributed by atoms with van der Waals surface area (Å²) in [5.74, 6) is 7.27. The Morgan fingerprint density at radius 2 is 1.57 bits per heavy atom. The zero-order valence-corrected chi connectivity index (χ0v) is 21.7. The lowest BCUT2D eigenvalue weighted by molar-refractivity contribution is -0.0498. The molecule has 1 saturated carbocycles. The Bertz CT molecular complexity index is 1200. The van der Waals surface area contributed by atoms with E-state index in [1.807, 2.05) is 18.2 Å². The molecule has 0 saturated heterocycles. The topological polar surface area (TPSA) is 9.23 Å². The maximum absolute atomic E-state index is 15.2. The molecule has 0 spiro atoms. The number of unbranched alkanes of at least 4 members (excludes halogenated alkanes) is 3. The van der Waals surface area contributed by atoms with Gasteiger partial charge in [-0.3, -0.25) is 0 Å².